The predicted molar refractivity (Wildman–Crippen MR) is 128 cm³/mol. The lowest BCUT2D eigenvalue weighted by molar-refractivity contribution is -0.384. The van der Waals surface area contributed by atoms with E-state index in [1.807, 2.05) is 0 Å². The molecule has 3 aromatic rings. The molecule has 10 heteroatoms. The third kappa shape index (κ3) is 4.69. The molecule has 2 heterocycles. The Balaban J connectivity index is 1.74. The highest BCUT2D eigenvalue weighted by atomic mass is 16.6. The number of carbonyl (C=O) groups is 3. The third-order valence-corrected chi connectivity index (χ3v) is 5.68. The van der Waals surface area contributed by atoms with Crippen molar-refractivity contribution in [2.75, 3.05) is 6.61 Å². The molecule has 0 saturated carbocycles. The van der Waals surface area contributed by atoms with Crippen molar-refractivity contribution < 1.29 is 29.2 Å². The van der Waals surface area contributed by atoms with Gasteiger partial charge in [-0.05, 0) is 48.9 Å². The van der Waals surface area contributed by atoms with E-state index < -0.39 is 34.4 Å². The Labute approximate surface area is 205 Å². The van der Waals surface area contributed by atoms with Gasteiger partial charge in [0.2, 0.25) is 0 Å². The number of Topliss-reactive ketones (excluding diaryl/α,β-unsaturated/α-hetero) is 1. The number of nitrogens with zero attached hydrogens (tertiary/aromatic N) is 3. The van der Waals surface area contributed by atoms with Crippen LogP contribution in [-0.2, 0) is 20.9 Å². The van der Waals surface area contributed by atoms with Crippen molar-refractivity contribution in [3.05, 3.63) is 111 Å². The van der Waals surface area contributed by atoms with Gasteiger partial charge in [0.25, 0.3) is 17.4 Å². The van der Waals surface area contributed by atoms with Crippen molar-refractivity contribution in [2.45, 2.75) is 19.5 Å². The monoisotopic (exact) mass is 487 g/mol. The standard InChI is InChI=1S/C26H21N3O7/c1-2-36-26(33)18-8-6-16(7-9-18)15-28-22(20-5-3-4-14-27-20)21(24(31)25(28)32)23(30)17-10-12-19(13-11-17)29(34)35/h3-14,22,30H,2,15H2,1H3/b23-21-. The topological polar surface area (TPSA) is 140 Å². The molecule has 4 rings (SSSR count). The molecule has 0 spiro atoms. The van der Waals surface area contributed by atoms with E-state index in [-0.39, 0.29) is 30.0 Å². The first-order chi connectivity index (χ1) is 17.3. The summed E-state index contributed by atoms with van der Waals surface area (Å²) < 4.78 is 4.98. The minimum Gasteiger partial charge on any atom is -0.507 e. The number of pyridine rings is 1. The number of non-ortho nitro benzene ring substituents is 1. The molecule has 0 aliphatic carbocycles. The molecule has 1 amide bonds. The molecule has 1 fully saturated rings. The number of hydrogen-bond donors (Lipinski definition) is 1. The number of ketones is 1. The van der Waals surface area contributed by atoms with Gasteiger partial charge in [-0.2, -0.15) is 0 Å². The Bertz CT molecular complexity index is 1350. The van der Waals surface area contributed by atoms with E-state index in [4.69, 9.17) is 4.74 Å². The van der Waals surface area contributed by atoms with Crippen molar-refractivity contribution in [1.82, 2.24) is 9.88 Å². The Morgan fingerprint density at radius 2 is 1.72 bits per heavy atom. The van der Waals surface area contributed by atoms with Gasteiger partial charge in [0.15, 0.2) is 0 Å². The van der Waals surface area contributed by atoms with E-state index in [0.29, 0.717) is 16.8 Å². The Kier molecular flexibility index (Phi) is 6.86. The van der Waals surface area contributed by atoms with Crippen LogP contribution in [0.4, 0.5) is 5.69 Å². The average Bonchev–Trinajstić information content (AvgIpc) is 3.14. The second-order valence-corrected chi connectivity index (χ2v) is 7.90. The first kappa shape index (κ1) is 24.3. The molecular formula is C26H21N3O7. The van der Waals surface area contributed by atoms with Crippen LogP contribution in [0.5, 0.6) is 0 Å². The number of nitro groups is 1. The van der Waals surface area contributed by atoms with Gasteiger partial charge in [-0.1, -0.05) is 18.2 Å². The lowest BCUT2D eigenvalue weighted by Gasteiger charge is -2.24. The molecule has 10 nitrogen and oxygen atoms in total. The normalized spacial score (nSPS) is 16.7. The number of benzene rings is 2. The van der Waals surface area contributed by atoms with Gasteiger partial charge in [-0.25, -0.2) is 4.79 Å². The SMILES string of the molecule is CCOC(=O)c1ccc(CN2C(=O)C(=O)/C(=C(\O)c3ccc([N+](=O)[O-])cc3)C2c2ccccn2)cc1. The zero-order valence-corrected chi connectivity index (χ0v) is 19.2. The molecule has 1 aliphatic rings. The molecule has 1 aliphatic heterocycles. The smallest absolute Gasteiger partial charge is 0.338 e. The maximum atomic E-state index is 13.1. The quantitative estimate of drug-likeness (QED) is 0.133. The number of aliphatic hydroxyl groups excluding tert-OH is 1. The van der Waals surface area contributed by atoms with Crippen molar-refractivity contribution >= 4 is 29.1 Å². The van der Waals surface area contributed by atoms with Gasteiger partial charge in [0, 0.05) is 30.4 Å². The number of amides is 1. The first-order valence-corrected chi connectivity index (χ1v) is 11.0. The molecule has 1 atom stereocenters. The fraction of sp³-hybridized carbons (Fsp3) is 0.154. The summed E-state index contributed by atoms with van der Waals surface area (Å²) in [7, 11) is 0. The summed E-state index contributed by atoms with van der Waals surface area (Å²) in [4.78, 5) is 54.1. The number of likely N-dealkylation sites (tertiary alicyclic amines) is 1. The second-order valence-electron chi connectivity index (χ2n) is 7.90. The molecule has 0 radical (unpaired) electrons. The number of rotatable bonds is 7. The van der Waals surface area contributed by atoms with Crippen LogP contribution in [0.2, 0.25) is 0 Å². The zero-order valence-electron chi connectivity index (χ0n) is 19.2. The fourth-order valence-electron chi connectivity index (χ4n) is 3.94. The van der Waals surface area contributed by atoms with Crippen molar-refractivity contribution in [1.29, 1.82) is 0 Å². The molecule has 0 bridgehead atoms. The Morgan fingerprint density at radius 3 is 2.31 bits per heavy atom. The Hall–Kier alpha value is -4.86. The molecular weight excluding hydrogens is 466 g/mol. The average molecular weight is 487 g/mol. The van der Waals surface area contributed by atoms with Gasteiger partial charge in [0.1, 0.15) is 11.8 Å². The second kappa shape index (κ2) is 10.2. The predicted octanol–water partition coefficient (Wildman–Crippen LogP) is 3.79. The van der Waals surface area contributed by atoms with E-state index in [9.17, 15) is 29.6 Å². The number of hydrogen-bond acceptors (Lipinski definition) is 8. The van der Waals surface area contributed by atoms with Crippen LogP contribution < -0.4 is 0 Å². The molecule has 2 aromatic carbocycles. The highest BCUT2D eigenvalue weighted by Gasteiger charge is 2.46. The lowest BCUT2D eigenvalue weighted by atomic mass is 9.98. The molecule has 1 N–H and O–H groups in total. The van der Waals surface area contributed by atoms with Crippen LogP contribution in [0.25, 0.3) is 5.76 Å². The summed E-state index contributed by atoms with van der Waals surface area (Å²) in [6.45, 7) is 1.95. The summed E-state index contributed by atoms with van der Waals surface area (Å²) >= 11 is 0. The molecule has 36 heavy (non-hydrogen) atoms. The number of esters is 1. The minimum absolute atomic E-state index is 0.00591. The highest BCUT2D eigenvalue weighted by Crippen LogP contribution is 2.39. The van der Waals surface area contributed by atoms with Gasteiger partial charge < -0.3 is 14.7 Å². The molecule has 182 valence electrons. The molecule has 1 unspecified atom stereocenters. The third-order valence-electron chi connectivity index (χ3n) is 5.68. The first-order valence-electron chi connectivity index (χ1n) is 11.0. The maximum absolute atomic E-state index is 13.1. The number of carbonyl (C=O) groups excluding carboxylic acids is 3. The number of ether oxygens (including phenoxy) is 1. The van der Waals surface area contributed by atoms with E-state index in [1.54, 1.807) is 49.4 Å². The Morgan fingerprint density at radius 1 is 1.06 bits per heavy atom. The van der Waals surface area contributed by atoms with Crippen LogP contribution in [-0.4, -0.2) is 44.2 Å². The van der Waals surface area contributed by atoms with E-state index in [1.165, 1.54) is 35.4 Å². The van der Waals surface area contributed by atoms with Crippen LogP contribution in [0.15, 0.2) is 78.5 Å². The van der Waals surface area contributed by atoms with E-state index in [2.05, 4.69) is 4.98 Å². The summed E-state index contributed by atoms with van der Waals surface area (Å²) in [5.74, 6) is -2.66. The van der Waals surface area contributed by atoms with E-state index >= 15 is 0 Å². The number of nitro benzene ring substituents is 1. The van der Waals surface area contributed by atoms with Gasteiger partial charge in [0.05, 0.1) is 28.4 Å². The van der Waals surface area contributed by atoms with Crippen LogP contribution >= 0.6 is 0 Å². The zero-order chi connectivity index (χ0) is 25.8. The van der Waals surface area contributed by atoms with Crippen LogP contribution in [0.1, 0.15) is 40.1 Å². The van der Waals surface area contributed by atoms with Crippen LogP contribution in [0, 0.1) is 10.1 Å². The molecule has 1 saturated heterocycles. The highest BCUT2D eigenvalue weighted by molar-refractivity contribution is 6.46. The van der Waals surface area contributed by atoms with Gasteiger partial charge >= 0.3 is 5.97 Å². The fourth-order valence-corrected chi connectivity index (χ4v) is 3.94. The van der Waals surface area contributed by atoms with E-state index in [0.717, 1.165) is 0 Å². The summed E-state index contributed by atoms with van der Waals surface area (Å²) in [5, 5.41) is 22.0. The number of aromatic nitrogens is 1. The van der Waals surface area contributed by atoms with Crippen molar-refractivity contribution in [2.24, 2.45) is 0 Å². The van der Waals surface area contributed by atoms with Crippen LogP contribution in [0.3, 0.4) is 0 Å². The van der Waals surface area contributed by atoms with Gasteiger partial charge in [-0.3, -0.25) is 24.7 Å². The number of aliphatic hydroxyl groups is 1. The summed E-state index contributed by atoms with van der Waals surface area (Å²) in [6.07, 6.45) is 1.51. The summed E-state index contributed by atoms with van der Waals surface area (Å²) in [6, 6.07) is 15.5. The van der Waals surface area contributed by atoms with Crippen molar-refractivity contribution in [3.8, 4) is 0 Å². The minimum atomic E-state index is -0.994. The lowest BCUT2D eigenvalue weighted by Crippen LogP contribution is -2.29. The van der Waals surface area contributed by atoms with Gasteiger partial charge in [-0.15, -0.1) is 0 Å². The summed E-state index contributed by atoms with van der Waals surface area (Å²) in [5.41, 5.74) is 1.15. The van der Waals surface area contributed by atoms with Crippen molar-refractivity contribution in [3.63, 3.8) is 0 Å². The largest absolute Gasteiger partial charge is 0.507 e. The maximum Gasteiger partial charge on any atom is 0.338 e. The molecule has 1 aromatic heterocycles.